The van der Waals surface area contributed by atoms with Crippen molar-refractivity contribution in [2.24, 2.45) is 0 Å². The Hall–Kier alpha value is -4.57. The van der Waals surface area contributed by atoms with Gasteiger partial charge in [0.2, 0.25) is 0 Å². The van der Waals surface area contributed by atoms with Crippen molar-refractivity contribution in [1.29, 1.82) is 0 Å². The summed E-state index contributed by atoms with van der Waals surface area (Å²) in [5.74, 6) is -0.629. The van der Waals surface area contributed by atoms with Gasteiger partial charge in [-0.25, -0.2) is 0 Å². The smallest absolute Gasteiger partial charge is 0.297 e. The quantitative estimate of drug-likeness (QED) is 0.0221. The van der Waals surface area contributed by atoms with Gasteiger partial charge in [0, 0.05) is 41.8 Å². The number of hydrogen-bond acceptors (Lipinski definition) is 10. The molecule has 0 bridgehead atoms. The molecular weight excluding hydrogens is 881 g/mol. The van der Waals surface area contributed by atoms with E-state index in [4.69, 9.17) is 8.37 Å². The first-order valence-corrected chi connectivity index (χ1v) is 27.3. The van der Waals surface area contributed by atoms with Crippen LogP contribution in [0, 0.1) is 0 Å². The molecule has 1 N–H and O–H groups in total. The van der Waals surface area contributed by atoms with Crippen LogP contribution >= 0.6 is 0 Å². The van der Waals surface area contributed by atoms with Crippen molar-refractivity contribution in [3.8, 4) is 0 Å². The summed E-state index contributed by atoms with van der Waals surface area (Å²) < 4.78 is 99.9. The van der Waals surface area contributed by atoms with Crippen molar-refractivity contribution >= 4 is 53.1 Å². The fourth-order valence-corrected chi connectivity index (χ4v) is 10.5. The zero-order valence-corrected chi connectivity index (χ0v) is 40.7. The topological polar surface area (TPSA) is 148 Å². The molecule has 0 aliphatic carbocycles. The van der Waals surface area contributed by atoms with E-state index in [9.17, 15) is 29.8 Å². The van der Waals surface area contributed by atoms with Gasteiger partial charge in [-0.1, -0.05) is 134 Å². The molecule has 0 fully saturated rings. The Kier molecular flexibility index (Phi) is 19.6. The summed E-state index contributed by atoms with van der Waals surface area (Å²) in [5.41, 5.74) is 4.92. The van der Waals surface area contributed by atoms with Crippen LogP contribution < -0.4 is 9.80 Å². The van der Waals surface area contributed by atoms with Gasteiger partial charge in [-0.3, -0.25) is 12.9 Å². The first-order valence-electron chi connectivity index (χ1n) is 23.0. The maximum atomic E-state index is 13.2. The van der Waals surface area contributed by atoms with Gasteiger partial charge in [-0.15, -0.1) is 0 Å². The predicted octanol–water partition coefficient (Wildman–Crippen LogP) is 12.6. The van der Waals surface area contributed by atoms with Gasteiger partial charge >= 0.3 is 0 Å². The molecule has 0 radical (unpaired) electrons. The molecule has 0 unspecified atom stereocenters. The summed E-state index contributed by atoms with van der Waals surface area (Å²) in [4.78, 5) is 4.09. The number of anilines is 4. The molecule has 5 aromatic rings. The molecule has 0 heterocycles. The van der Waals surface area contributed by atoms with Crippen LogP contribution in [0.4, 0.5) is 22.7 Å². The maximum absolute atomic E-state index is 13.2. The lowest BCUT2D eigenvalue weighted by molar-refractivity contribution is 0.306. The summed E-state index contributed by atoms with van der Waals surface area (Å²) in [6, 6.07) is 35.4. The lowest BCUT2D eigenvalue weighted by atomic mass is 9.85. The van der Waals surface area contributed by atoms with Crippen LogP contribution in [-0.2, 0) is 38.7 Å². The van der Waals surface area contributed by atoms with Crippen LogP contribution in [0.5, 0.6) is 0 Å². The van der Waals surface area contributed by atoms with Crippen LogP contribution in [0.15, 0.2) is 136 Å². The first-order chi connectivity index (χ1) is 31.2. The monoisotopic (exact) mass is 946 g/mol. The minimum absolute atomic E-state index is 0.0853. The molecular formula is C51H66N2O9S3. The van der Waals surface area contributed by atoms with Gasteiger partial charge in [0.05, 0.1) is 27.9 Å². The Morgan fingerprint density at radius 3 is 1.28 bits per heavy atom. The lowest BCUT2D eigenvalue weighted by Crippen LogP contribution is -2.19. The standard InChI is InChI=1S/C51H66N2O9S3/c1-5-9-13-17-37-61-64(57,58)47-23-19-21-45(39-47)52(35-11-7-3)43-31-27-41(28-32-43)51(49-25-15-16-26-50(49)63(54,55)56)42-29-33-44(34-30-42)53(36-12-8-4)46-22-20-24-48(40-46)65(59,60)62-38-18-14-10-6-2/h15-16,19-34,39-40,51H,5-14,17-18,35-38H2,1-4H3,(H,54,55,56). The molecule has 0 spiro atoms. The molecule has 65 heavy (non-hydrogen) atoms. The molecule has 0 amide bonds. The van der Waals surface area contributed by atoms with Gasteiger partial charge in [0.25, 0.3) is 30.4 Å². The third kappa shape index (κ3) is 14.5. The van der Waals surface area contributed by atoms with Crippen LogP contribution in [0.3, 0.4) is 0 Å². The highest BCUT2D eigenvalue weighted by Gasteiger charge is 2.26. The molecule has 0 saturated carbocycles. The van der Waals surface area contributed by atoms with Crippen molar-refractivity contribution in [3.63, 3.8) is 0 Å². The fourth-order valence-electron chi connectivity index (χ4n) is 7.79. The van der Waals surface area contributed by atoms with Crippen molar-refractivity contribution in [2.45, 2.75) is 125 Å². The minimum Gasteiger partial charge on any atom is -0.341 e. The summed E-state index contributed by atoms with van der Waals surface area (Å²) in [5, 5.41) is 0. The highest BCUT2D eigenvalue weighted by atomic mass is 32.2. The second-order valence-electron chi connectivity index (χ2n) is 16.3. The second kappa shape index (κ2) is 24.8. The van der Waals surface area contributed by atoms with Crippen LogP contribution in [0.2, 0.25) is 0 Å². The highest BCUT2D eigenvalue weighted by molar-refractivity contribution is 7.87. The molecule has 0 atom stereocenters. The molecule has 0 aliphatic rings. The fraction of sp³-hybridized carbons (Fsp3) is 0.412. The van der Waals surface area contributed by atoms with Crippen molar-refractivity contribution in [2.75, 3.05) is 36.1 Å². The third-order valence-corrected chi connectivity index (χ3v) is 14.9. The molecule has 14 heteroatoms. The number of hydrogen-bond donors (Lipinski definition) is 1. The van der Waals surface area contributed by atoms with Gasteiger partial charge in [-0.05, 0) is 109 Å². The SMILES string of the molecule is CCCCCCOS(=O)(=O)c1cccc(N(CCCC)c2ccc(C(c3ccc(N(CCCC)c4cccc(S(=O)(=O)OCCCCCC)c4)cc3)c3ccccc3S(=O)(=O)O)cc2)c1. The zero-order valence-electron chi connectivity index (χ0n) is 38.3. The Bertz CT molecular complexity index is 2440. The largest absolute Gasteiger partial charge is 0.341 e. The summed E-state index contributed by atoms with van der Waals surface area (Å²) >= 11 is 0. The van der Waals surface area contributed by atoms with Crippen LogP contribution in [0.1, 0.15) is 127 Å². The molecule has 352 valence electrons. The van der Waals surface area contributed by atoms with Gasteiger partial charge < -0.3 is 9.80 Å². The van der Waals surface area contributed by atoms with Crippen molar-refractivity contribution in [1.82, 2.24) is 0 Å². The number of unbranched alkanes of at least 4 members (excludes halogenated alkanes) is 8. The first kappa shape index (κ1) is 51.4. The number of rotatable bonds is 28. The molecule has 0 saturated heterocycles. The van der Waals surface area contributed by atoms with Crippen LogP contribution in [-0.4, -0.2) is 56.1 Å². The van der Waals surface area contributed by atoms with E-state index < -0.39 is 36.3 Å². The van der Waals surface area contributed by atoms with E-state index in [0.29, 0.717) is 42.9 Å². The second-order valence-corrected chi connectivity index (χ2v) is 20.9. The van der Waals surface area contributed by atoms with E-state index in [-0.39, 0.29) is 27.9 Å². The summed E-state index contributed by atoms with van der Waals surface area (Å²) in [7, 11) is -12.6. The molecule has 0 aliphatic heterocycles. The van der Waals surface area contributed by atoms with E-state index >= 15 is 0 Å². The minimum atomic E-state index is -4.62. The molecule has 5 rings (SSSR count). The number of nitrogens with zero attached hydrogens (tertiary/aromatic N) is 2. The Labute approximate surface area is 388 Å². The van der Waals surface area contributed by atoms with Gasteiger partial charge in [0.15, 0.2) is 0 Å². The maximum Gasteiger partial charge on any atom is 0.297 e. The third-order valence-electron chi connectivity index (χ3n) is 11.4. The number of benzene rings is 5. The Morgan fingerprint density at radius 2 is 0.877 bits per heavy atom. The zero-order chi connectivity index (χ0) is 46.9. The Balaban J connectivity index is 1.51. The van der Waals surface area contributed by atoms with E-state index in [2.05, 4.69) is 37.5 Å². The van der Waals surface area contributed by atoms with Crippen LogP contribution in [0.25, 0.3) is 0 Å². The average molecular weight is 947 g/mol. The normalized spacial score (nSPS) is 12.2. The predicted molar refractivity (Wildman–Crippen MR) is 261 cm³/mol. The van der Waals surface area contributed by atoms with E-state index in [0.717, 1.165) is 86.7 Å². The van der Waals surface area contributed by atoms with E-state index in [1.807, 2.05) is 60.7 Å². The van der Waals surface area contributed by atoms with Gasteiger partial charge in [-0.2, -0.15) is 25.3 Å². The summed E-state index contributed by atoms with van der Waals surface area (Å²) in [6.45, 7) is 9.86. The molecule has 11 nitrogen and oxygen atoms in total. The Morgan fingerprint density at radius 1 is 0.462 bits per heavy atom. The van der Waals surface area contributed by atoms with E-state index in [1.165, 1.54) is 6.07 Å². The van der Waals surface area contributed by atoms with Crippen molar-refractivity contribution in [3.05, 3.63) is 138 Å². The highest BCUT2D eigenvalue weighted by Crippen LogP contribution is 2.39. The van der Waals surface area contributed by atoms with Crippen molar-refractivity contribution < 1.29 is 38.2 Å². The summed E-state index contributed by atoms with van der Waals surface area (Å²) in [6.07, 6.45) is 10.7. The van der Waals surface area contributed by atoms with E-state index in [1.54, 1.807) is 54.6 Å². The lowest BCUT2D eigenvalue weighted by Gasteiger charge is -2.28. The molecule has 0 aromatic heterocycles. The average Bonchev–Trinajstić information content (AvgIpc) is 3.30. The molecule has 5 aromatic carbocycles. The van der Waals surface area contributed by atoms with Gasteiger partial charge in [0.1, 0.15) is 0 Å².